The number of nitrogens with zero attached hydrogens (tertiary/aromatic N) is 2. The first-order valence-corrected chi connectivity index (χ1v) is 15.2. The van der Waals surface area contributed by atoms with Gasteiger partial charge in [-0.15, -0.1) is 0 Å². The third kappa shape index (κ3) is 7.39. The molecular formula is C33H47N3O2. The summed E-state index contributed by atoms with van der Waals surface area (Å²) in [6.07, 6.45) is 14.6. The predicted molar refractivity (Wildman–Crippen MR) is 155 cm³/mol. The minimum Gasteiger partial charge on any atom is -0.493 e. The van der Waals surface area contributed by atoms with Gasteiger partial charge in [0.1, 0.15) is 5.75 Å². The second-order valence-electron chi connectivity index (χ2n) is 11.8. The quantitative estimate of drug-likeness (QED) is 0.514. The maximum atomic E-state index is 13.2. The highest BCUT2D eigenvalue weighted by Gasteiger charge is 2.30. The van der Waals surface area contributed by atoms with Crippen molar-refractivity contribution < 1.29 is 9.53 Å². The van der Waals surface area contributed by atoms with Crippen molar-refractivity contribution in [1.82, 2.24) is 15.1 Å². The third-order valence-corrected chi connectivity index (χ3v) is 8.83. The van der Waals surface area contributed by atoms with Gasteiger partial charge in [0, 0.05) is 37.2 Å². The zero-order chi connectivity index (χ0) is 26.2. The summed E-state index contributed by atoms with van der Waals surface area (Å²) in [6.45, 7) is 4.79. The summed E-state index contributed by atoms with van der Waals surface area (Å²) < 4.78 is 6.24. The normalized spacial score (nSPS) is 22.3. The fourth-order valence-electron chi connectivity index (χ4n) is 6.79. The van der Waals surface area contributed by atoms with Gasteiger partial charge in [-0.05, 0) is 106 Å². The van der Waals surface area contributed by atoms with Gasteiger partial charge in [-0.25, -0.2) is 0 Å². The van der Waals surface area contributed by atoms with Crippen molar-refractivity contribution >= 4 is 5.91 Å². The van der Waals surface area contributed by atoms with E-state index in [2.05, 4.69) is 52.5 Å². The highest BCUT2D eigenvalue weighted by Crippen LogP contribution is 2.30. The van der Waals surface area contributed by atoms with Gasteiger partial charge in [-0.1, -0.05) is 43.5 Å². The number of nitrogens with one attached hydrogen (secondary N) is 1. The molecule has 1 N–H and O–H groups in total. The van der Waals surface area contributed by atoms with Gasteiger partial charge < -0.3 is 15.0 Å². The molecule has 1 aliphatic carbocycles. The van der Waals surface area contributed by atoms with Crippen LogP contribution in [-0.2, 0) is 13.0 Å². The summed E-state index contributed by atoms with van der Waals surface area (Å²) in [5.74, 6) is 0.946. The molecule has 0 spiro atoms. The Labute approximate surface area is 229 Å². The largest absolute Gasteiger partial charge is 0.493 e. The molecule has 38 heavy (non-hydrogen) atoms. The van der Waals surface area contributed by atoms with E-state index in [1.165, 1.54) is 75.5 Å². The Balaban J connectivity index is 1.24. The van der Waals surface area contributed by atoms with Crippen LogP contribution in [0, 0.1) is 0 Å². The van der Waals surface area contributed by atoms with E-state index < -0.39 is 0 Å². The molecule has 3 aliphatic rings. The summed E-state index contributed by atoms with van der Waals surface area (Å²) in [5.41, 5.74) is 4.44. The van der Waals surface area contributed by atoms with E-state index in [9.17, 15) is 4.79 Å². The molecule has 2 aromatic rings. The van der Waals surface area contributed by atoms with E-state index >= 15 is 0 Å². The Hall–Kier alpha value is -2.37. The molecule has 5 nitrogen and oxygen atoms in total. The van der Waals surface area contributed by atoms with Crippen LogP contribution < -0.4 is 10.1 Å². The van der Waals surface area contributed by atoms with Gasteiger partial charge in [0.15, 0.2) is 0 Å². The lowest BCUT2D eigenvalue weighted by molar-refractivity contribution is 0.0860. The van der Waals surface area contributed by atoms with Crippen molar-refractivity contribution in [2.45, 2.75) is 95.7 Å². The number of amides is 1. The van der Waals surface area contributed by atoms with Crippen molar-refractivity contribution in [2.75, 3.05) is 33.3 Å². The minimum atomic E-state index is 0.0332. The Bertz CT molecular complexity index is 1050. The smallest absolute Gasteiger partial charge is 0.251 e. The van der Waals surface area contributed by atoms with Gasteiger partial charge >= 0.3 is 0 Å². The Morgan fingerprint density at radius 1 is 0.921 bits per heavy atom. The molecule has 1 unspecified atom stereocenters. The van der Waals surface area contributed by atoms with E-state index in [4.69, 9.17) is 4.74 Å². The Morgan fingerprint density at radius 3 is 2.63 bits per heavy atom. The summed E-state index contributed by atoms with van der Waals surface area (Å²) in [5, 5.41) is 3.25. The van der Waals surface area contributed by atoms with E-state index in [0.717, 1.165) is 68.4 Å². The van der Waals surface area contributed by atoms with E-state index in [-0.39, 0.29) is 5.91 Å². The summed E-state index contributed by atoms with van der Waals surface area (Å²) in [7, 11) is 2.20. The summed E-state index contributed by atoms with van der Waals surface area (Å²) in [6, 6.07) is 16.3. The maximum absolute atomic E-state index is 13.2. The van der Waals surface area contributed by atoms with Crippen molar-refractivity contribution in [1.29, 1.82) is 0 Å². The number of hydrogen-bond donors (Lipinski definition) is 1. The number of piperidine rings is 1. The zero-order valence-electron chi connectivity index (χ0n) is 23.4. The molecule has 1 amide bonds. The van der Waals surface area contributed by atoms with Gasteiger partial charge in [0.25, 0.3) is 5.91 Å². The Morgan fingerprint density at radius 2 is 1.74 bits per heavy atom. The van der Waals surface area contributed by atoms with Crippen molar-refractivity contribution in [3.05, 3.63) is 64.7 Å². The highest BCUT2D eigenvalue weighted by atomic mass is 16.5. The first-order chi connectivity index (χ1) is 18.7. The molecular weight excluding hydrogens is 470 g/mol. The van der Waals surface area contributed by atoms with Gasteiger partial charge in [0.05, 0.1) is 6.61 Å². The average Bonchev–Trinajstić information content (AvgIpc) is 3.46. The first-order valence-electron chi connectivity index (χ1n) is 15.2. The van der Waals surface area contributed by atoms with Crippen LogP contribution in [0.3, 0.4) is 0 Å². The van der Waals surface area contributed by atoms with Crippen LogP contribution in [0.2, 0.25) is 0 Å². The standard InChI is InChI=1S/C33H47N3O2/c1-35-19-6-2-8-21-38-32-16-15-28(24-29(32)23-26-10-9-11-27(22-26)25-35)33(37)34-18-17-31-14-5-7-20-36(31)30-12-3-4-13-30/h9-11,15-16,22,24,30-31H,2-8,12-14,17-21,23,25H2,1H3,(H,34,37). The van der Waals surface area contributed by atoms with Crippen LogP contribution in [0.4, 0.5) is 0 Å². The number of carbonyl (C=O) groups is 1. The first kappa shape index (κ1) is 27.2. The number of likely N-dealkylation sites (tertiary alicyclic amines) is 1. The van der Waals surface area contributed by atoms with E-state index in [0.29, 0.717) is 6.04 Å². The van der Waals surface area contributed by atoms with Crippen LogP contribution >= 0.6 is 0 Å². The molecule has 1 atom stereocenters. The lowest BCUT2D eigenvalue weighted by atomic mass is 9.96. The third-order valence-electron chi connectivity index (χ3n) is 8.83. The number of rotatable bonds is 5. The van der Waals surface area contributed by atoms with E-state index in [1.54, 1.807) is 0 Å². The summed E-state index contributed by atoms with van der Waals surface area (Å²) in [4.78, 5) is 18.4. The van der Waals surface area contributed by atoms with Crippen LogP contribution in [0.25, 0.3) is 0 Å². The van der Waals surface area contributed by atoms with Crippen LogP contribution in [0.5, 0.6) is 5.75 Å². The van der Waals surface area contributed by atoms with Crippen LogP contribution in [0.15, 0.2) is 42.5 Å². The lowest BCUT2D eigenvalue weighted by Gasteiger charge is -2.40. The van der Waals surface area contributed by atoms with Gasteiger partial charge in [-0.2, -0.15) is 0 Å². The van der Waals surface area contributed by atoms with Crippen LogP contribution in [-0.4, -0.2) is 61.1 Å². The second-order valence-corrected chi connectivity index (χ2v) is 11.8. The summed E-state index contributed by atoms with van der Waals surface area (Å²) >= 11 is 0. The number of ether oxygens (including phenoxy) is 1. The molecule has 2 bridgehead atoms. The molecule has 2 heterocycles. The predicted octanol–water partition coefficient (Wildman–Crippen LogP) is 6.19. The van der Waals surface area contributed by atoms with Gasteiger partial charge in [-0.3, -0.25) is 9.69 Å². The molecule has 2 fully saturated rings. The lowest BCUT2D eigenvalue weighted by Crippen LogP contribution is -2.46. The van der Waals surface area contributed by atoms with E-state index in [1.807, 2.05) is 12.1 Å². The molecule has 0 radical (unpaired) electrons. The molecule has 206 valence electrons. The number of hydrogen-bond acceptors (Lipinski definition) is 4. The molecule has 2 aromatic carbocycles. The van der Waals surface area contributed by atoms with Crippen molar-refractivity contribution in [3.63, 3.8) is 0 Å². The fraction of sp³-hybridized carbons (Fsp3) is 0.606. The maximum Gasteiger partial charge on any atom is 0.251 e. The van der Waals surface area contributed by atoms with Crippen molar-refractivity contribution in [3.8, 4) is 5.75 Å². The van der Waals surface area contributed by atoms with Crippen LogP contribution in [0.1, 0.15) is 97.7 Å². The monoisotopic (exact) mass is 517 g/mol. The highest BCUT2D eigenvalue weighted by molar-refractivity contribution is 5.94. The molecule has 5 rings (SSSR count). The minimum absolute atomic E-state index is 0.0332. The fourth-order valence-corrected chi connectivity index (χ4v) is 6.79. The molecule has 1 saturated carbocycles. The molecule has 5 heteroatoms. The molecule has 1 saturated heterocycles. The second kappa shape index (κ2) is 13.6. The van der Waals surface area contributed by atoms with Crippen molar-refractivity contribution in [2.24, 2.45) is 0 Å². The zero-order valence-corrected chi connectivity index (χ0v) is 23.4. The topological polar surface area (TPSA) is 44.8 Å². The Kier molecular flexibility index (Phi) is 9.75. The average molecular weight is 518 g/mol. The van der Waals surface area contributed by atoms with Gasteiger partial charge in [0.2, 0.25) is 0 Å². The number of benzene rings is 2. The number of fused-ring (bicyclic) bond motifs is 3. The molecule has 0 aromatic heterocycles. The number of carbonyl (C=O) groups excluding carboxylic acids is 1. The SMILES string of the molecule is CN1CCCCCOc2ccc(C(=O)NCCC3CCCCN3C3CCCC3)cc2Cc2cccc(c2)C1. The molecule has 2 aliphatic heterocycles.